The molecule has 3 heterocycles. The second-order valence-electron chi connectivity index (χ2n) is 6.60. The van der Waals surface area contributed by atoms with Gasteiger partial charge in [-0.05, 0) is 47.3 Å². The van der Waals surface area contributed by atoms with E-state index in [9.17, 15) is 4.39 Å². The molecule has 3 aromatic rings. The van der Waals surface area contributed by atoms with E-state index in [1.165, 1.54) is 0 Å². The maximum absolute atomic E-state index is 13.8. The number of nitrogen functional groups attached to an aromatic ring is 1. The maximum Gasteiger partial charge on any atom is 0.312 e. The Morgan fingerprint density at radius 1 is 1.31 bits per heavy atom. The highest BCUT2D eigenvalue weighted by Crippen LogP contribution is 2.36. The van der Waals surface area contributed by atoms with Gasteiger partial charge in [-0.3, -0.25) is 4.90 Å². The predicted molar refractivity (Wildman–Crippen MR) is 111 cm³/mol. The lowest BCUT2D eigenvalue weighted by atomic mass is 10.1. The van der Waals surface area contributed by atoms with Crippen molar-refractivity contribution in [2.75, 3.05) is 32.7 Å². The van der Waals surface area contributed by atoms with Gasteiger partial charge in [0.05, 0.1) is 12.6 Å². The summed E-state index contributed by atoms with van der Waals surface area (Å²) in [6.07, 6.45) is -0.431. The fourth-order valence-electron chi connectivity index (χ4n) is 3.14. The molecule has 0 saturated carbocycles. The number of fused-ring (bicyclic) bond motifs is 2. The fourth-order valence-corrected chi connectivity index (χ4v) is 3.77. The lowest BCUT2D eigenvalue weighted by molar-refractivity contribution is 0.174. The first kappa shape index (κ1) is 19.6. The first-order chi connectivity index (χ1) is 14.0. The molecule has 0 amide bonds. The molecule has 0 radical (unpaired) electrons. The zero-order chi connectivity index (χ0) is 20.5. The zero-order valence-electron chi connectivity index (χ0n) is 15.5. The number of nitrogens with two attached hydrogens (primary N) is 1. The highest BCUT2D eigenvalue weighted by molar-refractivity contribution is 14.1. The van der Waals surface area contributed by atoms with Gasteiger partial charge in [-0.1, -0.05) is 0 Å². The number of anilines is 1. The van der Waals surface area contributed by atoms with Gasteiger partial charge >= 0.3 is 6.08 Å². The SMILES string of the molecule is CN(CC#N)CCn1c(Cc2cc3c(cc2I)OCO3)nc2c(N)nc(F)nc21. The van der Waals surface area contributed by atoms with Crippen molar-refractivity contribution in [2.24, 2.45) is 0 Å². The Kier molecular flexibility index (Phi) is 5.37. The van der Waals surface area contributed by atoms with E-state index in [1.807, 2.05) is 28.6 Å². The summed E-state index contributed by atoms with van der Waals surface area (Å²) in [4.78, 5) is 14.0. The maximum atomic E-state index is 13.8. The van der Waals surface area contributed by atoms with Crippen LogP contribution in [0.25, 0.3) is 11.2 Å². The molecule has 9 nitrogen and oxygen atoms in total. The van der Waals surface area contributed by atoms with Crippen molar-refractivity contribution >= 4 is 39.6 Å². The van der Waals surface area contributed by atoms with Crippen molar-refractivity contribution < 1.29 is 13.9 Å². The van der Waals surface area contributed by atoms with Gasteiger partial charge in [0.15, 0.2) is 28.5 Å². The molecule has 11 heteroatoms. The summed E-state index contributed by atoms with van der Waals surface area (Å²) in [6, 6.07) is 5.95. The molecule has 0 spiro atoms. The number of hydrogen-bond acceptors (Lipinski definition) is 8. The van der Waals surface area contributed by atoms with Gasteiger partial charge in [0.2, 0.25) is 6.79 Å². The van der Waals surface area contributed by atoms with Gasteiger partial charge in [0.25, 0.3) is 0 Å². The van der Waals surface area contributed by atoms with Crippen molar-refractivity contribution in [3.8, 4) is 17.6 Å². The number of hydrogen-bond donors (Lipinski definition) is 1. The number of benzene rings is 1. The Morgan fingerprint density at radius 3 is 2.83 bits per heavy atom. The van der Waals surface area contributed by atoms with Crippen LogP contribution < -0.4 is 15.2 Å². The summed E-state index contributed by atoms with van der Waals surface area (Å²) in [5, 5.41) is 8.87. The van der Waals surface area contributed by atoms with Crippen LogP contribution >= 0.6 is 22.6 Å². The van der Waals surface area contributed by atoms with E-state index in [4.69, 9.17) is 20.5 Å². The Hall–Kier alpha value is -2.72. The molecule has 2 N–H and O–H groups in total. The summed E-state index contributed by atoms with van der Waals surface area (Å²) in [6.45, 7) is 1.52. The number of halogens is 2. The quantitative estimate of drug-likeness (QED) is 0.305. The molecule has 2 aromatic heterocycles. The molecule has 4 rings (SSSR count). The Balaban J connectivity index is 1.74. The van der Waals surface area contributed by atoms with Crippen LogP contribution in [-0.4, -0.2) is 51.3 Å². The Bertz CT molecular complexity index is 1130. The number of ether oxygens (including phenoxy) is 2. The van der Waals surface area contributed by atoms with Gasteiger partial charge < -0.3 is 19.8 Å². The summed E-state index contributed by atoms with van der Waals surface area (Å²) in [5.41, 5.74) is 7.57. The van der Waals surface area contributed by atoms with E-state index in [0.717, 1.165) is 9.13 Å². The Labute approximate surface area is 179 Å². The summed E-state index contributed by atoms with van der Waals surface area (Å²) < 4.78 is 27.5. The van der Waals surface area contributed by atoms with Crippen LogP contribution in [-0.2, 0) is 13.0 Å². The third-order valence-corrected chi connectivity index (χ3v) is 5.61. The average Bonchev–Trinajstić information content (AvgIpc) is 3.25. The van der Waals surface area contributed by atoms with Gasteiger partial charge in [-0.2, -0.15) is 19.6 Å². The van der Waals surface area contributed by atoms with Crippen LogP contribution in [0, 0.1) is 21.0 Å². The third kappa shape index (κ3) is 3.90. The van der Waals surface area contributed by atoms with Crippen molar-refractivity contribution in [2.45, 2.75) is 13.0 Å². The minimum absolute atomic E-state index is 0.00161. The largest absolute Gasteiger partial charge is 0.454 e. The predicted octanol–water partition coefficient (Wildman–Crippen LogP) is 1.93. The van der Waals surface area contributed by atoms with Gasteiger partial charge in [-0.25, -0.2) is 4.98 Å². The topological polar surface area (TPSA) is 115 Å². The van der Waals surface area contributed by atoms with E-state index >= 15 is 0 Å². The minimum Gasteiger partial charge on any atom is -0.454 e. The third-order valence-electron chi connectivity index (χ3n) is 4.61. The second-order valence-corrected chi connectivity index (χ2v) is 7.76. The molecule has 29 heavy (non-hydrogen) atoms. The number of imidazole rings is 1. The Morgan fingerprint density at radius 2 is 2.07 bits per heavy atom. The van der Waals surface area contributed by atoms with Crippen LogP contribution in [0.4, 0.5) is 10.2 Å². The highest BCUT2D eigenvalue weighted by Gasteiger charge is 2.21. The monoisotopic (exact) mass is 509 g/mol. The molecule has 1 aliphatic heterocycles. The number of rotatable bonds is 6. The molecule has 0 fully saturated rings. The highest BCUT2D eigenvalue weighted by atomic mass is 127. The number of nitrogens with zero attached hydrogens (tertiary/aromatic N) is 6. The van der Waals surface area contributed by atoms with Crippen molar-refractivity contribution in [3.63, 3.8) is 0 Å². The first-order valence-corrected chi connectivity index (χ1v) is 9.85. The van der Waals surface area contributed by atoms with E-state index < -0.39 is 6.08 Å². The molecule has 1 aliphatic rings. The molecule has 150 valence electrons. The second kappa shape index (κ2) is 7.96. The number of aromatic nitrogens is 4. The lowest BCUT2D eigenvalue weighted by Gasteiger charge is -2.15. The first-order valence-electron chi connectivity index (χ1n) is 8.78. The van der Waals surface area contributed by atoms with Crippen molar-refractivity contribution in [1.82, 2.24) is 24.4 Å². The summed E-state index contributed by atoms with van der Waals surface area (Å²) >= 11 is 2.24. The summed E-state index contributed by atoms with van der Waals surface area (Å²) in [5.74, 6) is 2.07. The number of nitriles is 1. The van der Waals surface area contributed by atoms with Gasteiger partial charge in [-0.15, -0.1) is 0 Å². The van der Waals surface area contributed by atoms with Crippen LogP contribution in [0.15, 0.2) is 12.1 Å². The van der Waals surface area contributed by atoms with E-state index in [1.54, 1.807) is 0 Å². The normalized spacial score (nSPS) is 12.7. The van der Waals surface area contributed by atoms with Crippen LogP contribution in [0.2, 0.25) is 0 Å². The lowest BCUT2D eigenvalue weighted by Crippen LogP contribution is -2.24. The van der Waals surface area contributed by atoms with E-state index in [0.29, 0.717) is 48.0 Å². The molecule has 0 bridgehead atoms. The standard InChI is InChI=1S/C18H17FIN7O2/c1-26(3-2-21)4-5-27-14(23-15-16(22)24-18(19)25-17(15)27)7-10-6-12-13(8-11(10)20)29-9-28-12/h6,8H,3-5,7,9H2,1H3,(H2,22,24,25). The van der Waals surface area contributed by atoms with Gasteiger partial charge in [0.1, 0.15) is 5.82 Å². The average molecular weight is 509 g/mol. The zero-order valence-corrected chi connectivity index (χ0v) is 17.7. The minimum atomic E-state index is -0.897. The molecule has 1 aromatic carbocycles. The summed E-state index contributed by atoms with van der Waals surface area (Å²) in [7, 11) is 1.84. The fraction of sp³-hybridized carbons (Fsp3) is 0.333. The molecule has 0 unspecified atom stereocenters. The number of likely N-dealkylation sites (N-methyl/N-ethyl adjacent to an activating group) is 1. The van der Waals surface area contributed by atoms with Crippen LogP contribution in [0.1, 0.15) is 11.4 Å². The smallest absolute Gasteiger partial charge is 0.312 e. The van der Waals surface area contributed by atoms with E-state index in [-0.39, 0.29) is 19.2 Å². The van der Waals surface area contributed by atoms with Crippen molar-refractivity contribution in [1.29, 1.82) is 5.26 Å². The van der Waals surface area contributed by atoms with Gasteiger partial charge in [0, 0.05) is 23.1 Å². The van der Waals surface area contributed by atoms with Crippen LogP contribution in [0.3, 0.4) is 0 Å². The molecular formula is C18H17FIN7O2. The van der Waals surface area contributed by atoms with E-state index in [2.05, 4.69) is 43.6 Å². The van der Waals surface area contributed by atoms with Crippen LogP contribution in [0.5, 0.6) is 11.5 Å². The van der Waals surface area contributed by atoms with Crippen molar-refractivity contribution in [3.05, 3.63) is 33.2 Å². The molecular weight excluding hydrogens is 492 g/mol. The molecule has 0 aliphatic carbocycles. The molecule has 0 saturated heterocycles. The molecule has 0 atom stereocenters.